The smallest absolute Gasteiger partial charge is 0.277 e. The van der Waals surface area contributed by atoms with Crippen molar-refractivity contribution in [3.63, 3.8) is 0 Å². The van der Waals surface area contributed by atoms with E-state index >= 15 is 0 Å². The second kappa shape index (κ2) is 14.0. The molecule has 1 fully saturated rings. The van der Waals surface area contributed by atoms with Crippen molar-refractivity contribution in [2.75, 3.05) is 51.3 Å². The molecule has 2 heterocycles. The fourth-order valence-corrected chi connectivity index (χ4v) is 4.50. The molecule has 194 valence electrons. The van der Waals surface area contributed by atoms with E-state index in [0.29, 0.717) is 22.3 Å². The number of nitrogens with one attached hydrogen (secondary N) is 2. The number of carbonyl (C=O) groups excluding carboxylic acids is 1. The lowest BCUT2D eigenvalue weighted by Crippen LogP contribution is -2.38. The van der Waals surface area contributed by atoms with E-state index in [4.69, 9.17) is 9.47 Å². The highest BCUT2D eigenvalue weighted by Crippen LogP contribution is 2.22. The average Bonchev–Trinajstić information content (AvgIpc) is 3.21. The molecule has 2 N–H and O–H groups in total. The Bertz CT molecular complexity index is 1420. The summed E-state index contributed by atoms with van der Waals surface area (Å²) >= 11 is 1.11. The van der Waals surface area contributed by atoms with Crippen molar-refractivity contribution in [3.8, 4) is 11.8 Å². The largest absolute Gasteiger partial charge is 0.492 e. The third kappa shape index (κ3) is 7.83. The monoisotopic (exact) mass is 521 g/mol. The number of anilines is 1. The number of morpholine rings is 1. The summed E-state index contributed by atoms with van der Waals surface area (Å²) in [6.07, 6.45) is 3.07. The molecular formula is C27H31N5O4S. The van der Waals surface area contributed by atoms with Crippen LogP contribution in [0.1, 0.15) is 12.5 Å². The number of aryl methyl sites for hydroxylation is 1. The van der Waals surface area contributed by atoms with Crippen LogP contribution in [-0.4, -0.2) is 61.4 Å². The van der Waals surface area contributed by atoms with Gasteiger partial charge < -0.3 is 20.1 Å². The highest BCUT2D eigenvalue weighted by Gasteiger charge is 2.11. The van der Waals surface area contributed by atoms with Crippen LogP contribution in [0.2, 0.25) is 0 Å². The number of amides is 1. The highest BCUT2D eigenvalue weighted by molar-refractivity contribution is 7.07. The lowest BCUT2D eigenvalue weighted by molar-refractivity contribution is -0.116. The standard InChI is InChI=1S/C27H31N5O4S/c1-4-9-30-26(33)21(19-28)17-25-32(5-2)27(34)24(37-25)8-10-29-22-7-6-20(3)23(18-22)36-16-13-31-11-14-35-15-12-31/h4,6-7,10,18,29H,1,5,9,11-16H2,2-3H3,(H,30,33). The van der Waals surface area contributed by atoms with E-state index in [1.807, 2.05) is 38.1 Å². The Morgan fingerprint density at radius 3 is 2.84 bits per heavy atom. The van der Waals surface area contributed by atoms with E-state index < -0.39 is 5.91 Å². The molecule has 10 heteroatoms. The van der Waals surface area contributed by atoms with Gasteiger partial charge in [-0.05, 0) is 25.5 Å². The fraction of sp³-hybridized carbons (Fsp3) is 0.370. The Morgan fingerprint density at radius 1 is 1.35 bits per heavy atom. The van der Waals surface area contributed by atoms with Gasteiger partial charge in [0.1, 0.15) is 27.6 Å². The molecule has 0 aliphatic carbocycles. The van der Waals surface area contributed by atoms with Gasteiger partial charge in [-0.25, -0.2) is 0 Å². The summed E-state index contributed by atoms with van der Waals surface area (Å²) in [5.74, 6) is 0.216. The van der Waals surface area contributed by atoms with Gasteiger partial charge in [-0.1, -0.05) is 34.9 Å². The molecule has 1 aliphatic rings. The molecule has 0 radical (unpaired) electrons. The molecule has 0 atom stereocenters. The molecule has 1 aromatic carbocycles. The van der Waals surface area contributed by atoms with Gasteiger partial charge in [0.25, 0.3) is 11.5 Å². The lowest BCUT2D eigenvalue weighted by Gasteiger charge is -2.26. The summed E-state index contributed by atoms with van der Waals surface area (Å²) < 4.78 is 13.5. The maximum atomic E-state index is 12.8. The minimum atomic E-state index is -0.573. The quantitative estimate of drug-likeness (QED) is 0.274. The molecule has 1 aromatic heterocycles. The third-order valence-corrected chi connectivity index (χ3v) is 6.59. The van der Waals surface area contributed by atoms with Crippen molar-refractivity contribution in [2.45, 2.75) is 20.4 Å². The van der Waals surface area contributed by atoms with Gasteiger partial charge in [-0.3, -0.25) is 19.1 Å². The van der Waals surface area contributed by atoms with Gasteiger partial charge in [-0.2, -0.15) is 5.26 Å². The zero-order valence-corrected chi connectivity index (χ0v) is 22.0. The van der Waals surface area contributed by atoms with E-state index in [0.717, 1.165) is 61.2 Å². The molecular weight excluding hydrogens is 490 g/mol. The second-order valence-electron chi connectivity index (χ2n) is 8.11. The number of nitriles is 1. The zero-order valence-electron chi connectivity index (χ0n) is 21.1. The van der Waals surface area contributed by atoms with Crippen LogP contribution in [0.25, 0.3) is 11.5 Å². The minimum Gasteiger partial charge on any atom is -0.492 e. The number of carbonyl (C=O) groups is 1. The van der Waals surface area contributed by atoms with E-state index in [1.54, 1.807) is 6.20 Å². The van der Waals surface area contributed by atoms with Crippen LogP contribution < -0.4 is 30.1 Å². The maximum absolute atomic E-state index is 12.8. The summed E-state index contributed by atoms with van der Waals surface area (Å²) in [6.45, 7) is 12.7. The first-order chi connectivity index (χ1) is 18.0. The van der Waals surface area contributed by atoms with E-state index in [2.05, 4.69) is 33.6 Å². The number of thiazole rings is 1. The molecule has 1 saturated heterocycles. The predicted molar refractivity (Wildman–Crippen MR) is 145 cm³/mol. The number of hydrogen-bond acceptors (Lipinski definition) is 8. The van der Waals surface area contributed by atoms with Gasteiger partial charge in [0.05, 0.1) is 13.2 Å². The molecule has 0 saturated carbocycles. The molecule has 3 rings (SSSR count). The van der Waals surface area contributed by atoms with E-state index in [-0.39, 0.29) is 17.7 Å². The first-order valence-electron chi connectivity index (χ1n) is 12.0. The van der Waals surface area contributed by atoms with Gasteiger partial charge in [0.15, 0.2) is 5.57 Å². The zero-order chi connectivity index (χ0) is 26.6. The number of ether oxygens (including phenoxy) is 2. The number of benzene rings is 1. The van der Waals surface area contributed by atoms with Gasteiger partial charge in [0.2, 0.25) is 0 Å². The second-order valence-corrected chi connectivity index (χ2v) is 9.11. The number of nitrogens with zero attached hydrogens (tertiary/aromatic N) is 3. The van der Waals surface area contributed by atoms with Crippen LogP contribution in [0.15, 0.2) is 47.4 Å². The van der Waals surface area contributed by atoms with E-state index in [1.165, 1.54) is 10.6 Å². The van der Waals surface area contributed by atoms with Crippen molar-refractivity contribution >= 4 is 34.4 Å². The van der Waals surface area contributed by atoms with Crippen LogP contribution in [-0.2, 0) is 16.1 Å². The summed E-state index contributed by atoms with van der Waals surface area (Å²) in [7, 11) is 0. The molecule has 37 heavy (non-hydrogen) atoms. The summed E-state index contributed by atoms with van der Waals surface area (Å²) in [5.41, 5.74) is 7.09. The molecule has 1 aliphatic heterocycles. The SMILES string of the molecule is C=CCNC(=O)C(=C=c1sc(=C=CNc2ccc(C)c(OCCN3CCOCC3)c2)c(=O)n1CC)C#N. The molecule has 1 amide bonds. The summed E-state index contributed by atoms with van der Waals surface area (Å²) in [6, 6.07) is 7.64. The van der Waals surface area contributed by atoms with Crippen molar-refractivity contribution in [1.29, 1.82) is 5.26 Å². The van der Waals surface area contributed by atoms with Gasteiger partial charge in [-0.15, -0.1) is 6.58 Å². The minimum absolute atomic E-state index is 0.209. The van der Waals surface area contributed by atoms with E-state index in [9.17, 15) is 14.9 Å². The predicted octanol–water partition coefficient (Wildman–Crippen LogP) is 1.09. The van der Waals surface area contributed by atoms with Crippen LogP contribution in [0.5, 0.6) is 5.75 Å². The summed E-state index contributed by atoms with van der Waals surface area (Å²) in [5, 5.41) is 15.0. The first-order valence-corrected chi connectivity index (χ1v) is 12.8. The highest BCUT2D eigenvalue weighted by atomic mass is 32.1. The lowest BCUT2D eigenvalue weighted by atomic mass is 10.2. The Hall–Kier alpha value is -3.83. The van der Waals surface area contributed by atoms with Gasteiger partial charge in [0, 0.05) is 50.7 Å². The van der Waals surface area contributed by atoms with Crippen molar-refractivity contribution in [2.24, 2.45) is 0 Å². The van der Waals surface area contributed by atoms with Crippen LogP contribution in [0, 0.1) is 18.3 Å². The Morgan fingerprint density at radius 2 is 2.14 bits per heavy atom. The Balaban J connectivity index is 1.81. The Labute approximate surface area is 219 Å². The van der Waals surface area contributed by atoms with Gasteiger partial charge >= 0.3 is 0 Å². The third-order valence-electron chi connectivity index (χ3n) is 5.58. The molecule has 0 unspecified atom stereocenters. The molecule has 0 bridgehead atoms. The van der Waals surface area contributed by atoms with Crippen LogP contribution in [0.4, 0.5) is 5.69 Å². The molecule has 0 spiro atoms. The maximum Gasteiger partial charge on any atom is 0.277 e. The summed E-state index contributed by atoms with van der Waals surface area (Å²) in [4.78, 5) is 27.3. The van der Waals surface area contributed by atoms with Crippen molar-refractivity contribution < 1.29 is 14.3 Å². The number of rotatable bonds is 10. The van der Waals surface area contributed by atoms with Crippen molar-refractivity contribution in [1.82, 2.24) is 14.8 Å². The average molecular weight is 522 g/mol. The molecule has 2 aromatic rings. The Kier molecular flexibility index (Phi) is 10.5. The number of aromatic nitrogens is 1. The first kappa shape index (κ1) is 27.8. The number of hydrogen-bond donors (Lipinski definition) is 2. The topological polar surface area (TPSA) is 109 Å². The van der Waals surface area contributed by atoms with Crippen LogP contribution in [0.3, 0.4) is 0 Å². The molecule has 9 nitrogen and oxygen atoms in total. The van der Waals surface area contributed by atoms with Crippen molar-refractivity contribution in [3.05, 3.63) is 67.7 Å². The van der Waals surface area contributed by atoms with Crippen LogP contribution >= 0.6 is 11.3 Å². The normalized spacial score (nSPS) is 13.0. The fourth-order valence-electron chi connectivity index (χ4n) is 3.52.